The van der Waals surface area contributed by atoms with Gasteiger partial charge in [-0.15, -0.1) is 0 Å². The van der Waals surface area contributed by atoms with Crippen LogP contribution in [0.2, 0.25) is 5.02 Å². The first-order valence-electron chi connectivity index (χ1n) is 5.37. The Balaban J connectivity index is 2.01. The SMILES string of the molecule is Cc1cc(Br)c(CN2CC(C(=O)O)C2)cc1Cl. The number of nitrogens with zero attached hydrogens (tertiary/aromatic N) is 1. The van der Waals surface area contributed by atoms with E-state index in [9.17, 15) is 4.79 Å². The summed E-state index contributed by atoms with van der Waals surface area (Å²) in [6, 6.07) is 3.93. The predicted octanol–water partition coefficient (Wildman–Crippen LogP) is 2.93. The summed E-state index contributed by atoms with van der Waals surface area (Å²) >= 11 is 9.58. The molecule has 0 bridgehead atoms. The maximum Gasteiger partial charge on any atom is 0.309 e. The molecule has 1 heterocycles. The van der Waals surface area contributed by atoms with Gasteiger partial charge in [0, 0.05) is 29.1 Å². The van der Waals surface area contributed by atoms with Crippen LogP contribution >= 0.6 is 27.5 Å². The van der Waals surface area contributed by atoms with E-state index in [4.69, 9.17) is 16.7 Å². The molecular formula is C12H13BrClNO2. The fourth-order valence-electron chi connectivity index (χ4n) is 1.90. The Labute approximate surface area is 114 Å². The zero-order valence-corrected chi connectivity index (χ0v) is 11.8. The molecule has 1 saturated heterocycles. The third-order valence-corrected chi connectivity index (χ3v) is 4.17. The fraction of sp³-hybridized carbons (Fsp3) is 0.417. The van der Waals surface area contributed by atoms with E-state index >= 15 is 0 Å². The number of benzene rings is 1. The van der Waals surface area contributed by atoms with E-state index in [2.05, 4.69) is 20.8 Å². The summed E-state index contributed by atoms with van der Waals surface area (Å²) in [4.78, 5) is 12.8. The number of carbonyl (C=O) groups is 1. The maximum atomic E-state index is 10.7. The molecule has 0 spiro atoms. The molecule has 1 aliphatic rings. The highest BCUT2D eigenvalue weighted by atomic mass is 79.9. The summed E-state index contributed by atoms with van der Waals surface area (Å²) in [5.41, 5.74) is 2.14. The van der Waals surface area contributed by atoms with Crippen molar-refractivity contribution in [2.24, 2.45) is 5.92 Å². The van der Waals surface area contributed by atoms with Gasteiger partial charge in [-0.2, -0.15) is 0 Å². The predicted molar refractivity (Wildman–Crippen MR) is 70.3 cm³/mol. The lowest BCUT2D eigenvalue weighted by atomic mass is 9.99. The van der Waals surface area contributed by atoms with Crippen molar-refractivity contribution in [3.63, 3.8) is 0 Å². The van der Waals surface area contributed by atoms with Crippen molar-refractivity contribution in [1.82, 2.24) is 4.90 Å². The van der Waals surface area contributed by atoms with Crippen molar-refractivity contribution < 1.29 is 9.90 Å². The van der Waals surface area contributed by atoms with Gasteiger partial charge in [-0.25, -0.2) is 0 Å². The van der Waals surface area contributed by atoms with Gasteiger partial charge in [0.15, 0.2) is 0 Å². The lowest BCUT2D eigenvalue weighted by Gasteiger charge is -2.36. The van der Waals surface area contributed by atoms with Gasteiger partial charge in [0.05, 0.1) is 5.92 Å². The molecule has 1 aliphatic heterocycles. The van der Waals surface area contributed by atoms with Crippen LogP contribution in [0.15, 0.2) is 16.6 Å². The van der Waals surface area contributed by atoms with Gasteiger partial charge >= 0.3 is 5.97 Å². The largest absolute Gasteiger partial charge is 0.481 e. The van der Waals surface area contributed by atoms with E-state index in [1.54, 1.807) is 0 Å². The summed E-state index contributed by atoms with van der Waals surface area (Å²) in [7, 11) is 0. The van der Waals surface area contributed by atoms with Crippen LogP contribution in [0.5, 0.6) is 0 Å². The molecular weight excluding hydrogens is 305 g/mol. The van der Waals surface area contributed by atoms with Crippen molar-refractivity contribution in [3.8, 4) is 0 Å². The highest BCUT2D eigenvalue weighted by Crippen LogP contribution is 2.28. The number of aryl methyl sites for hydroxylation is 1. The van der Waals surface area contributed by atoms with Crippen LogP contribution in [0.4, 0.5) is 0 Å². The molecule has 92 valence electrons. The monoisotopic (exact) mass is 317 g/mol. The van der Waals surface area contributed by atoms with Crippen molar-refractivity contribution in [3.05, 3.63) is 32.8 Å². The van der Waals surface area contributed by atoms with Crippen LogP contribution in [0.3, 0.4) is 0 Å². The summed E-state index contributed by atoms with van der Waals surface area (Å²) in [5.74, 6) is -0.919. The number of carboxylic acid groups (broad SMARTS) is 1. The minimum absolute atomic E-state index is 0.213. The van der Waals surface area contributed by atoms with E-state index < -0.39 is 5.97 Å². The highest BCUT2D eigenvalue weighted by molar-refractivity contribution is 9.10. The molecule has 0 radical (unpaired) electrons. The summed E-state index contributed by atoms with van der Waals surface area (Å²) in [5, 5.41) is 9.54. The molecule has 1 N–H and O–H groups in total. The molecule has 0 saturated carbocycles. The van der Waals surface area contributed by atoms with Gasteiger partial charge in [-0.3, -0.25) is 9.69 Å². The van der Waals surface area contributed by atoms with Crippen LogP contribution in [0.1, 0.15) is 11.1 Å². The zero-order valence-electron chi connectivity index (χ0n) is 9.41. The lowest BCUT2D eigenvalue weighted by molar-refractivity contribution is -0.147. The number of rotatable bonds is 3. The second-order valence-corrected chi connectivity index (χ2v) is 5.68. The normalized spacial score (nSPS) is 16.9. The second-order valence-electron chi connectivity index (χ2n) is 4.42. The standard InChI is InChI=1S/C12H13BrClNO2/c1-7-2-10(13)8(3-11(7)14)4-15-5-9(6-15)12(16)17/h2-3,9H,4-6H2,1H3,(H,16,17). The summed E-state index contributed by atoms with van der Waals surface area (Å²) in [6.45, 7) is 3.94. The Hall–Kier alpha value is -0.580. The first-order valence-corrected chi connectivity index (χ1v) is 6.54. The second kappa shape index (κ2) is 4.96. The number of hydrogen-bond donors (Lipinski definition) is 1. The average molecular weight is 319 g/mol. The molecule has 0 amide bonds. The van der Waals surface area contributed by atoms with Crippen LogP contribution in [-0.2, 0) is 11.3 Å². The highest BCUT2D eigenvalue weighted by Gasteiger charge is 2.32. The Morgan fingerprint density at radius 1 is 1.59 bits per heavy atom. The molecule has 0 atom stereocenters. The third kappa shape index (κ3) is 2.81. The summed E-state index contributed by atoms with van der Waals surface area (Å²) < 4.78 is 1.03. The number of hydrogen-bond acceptors (Lipinski definition) is 2. The van der Waals surface area contributed by atoms with E-state index in [0.29, 0.717) is 13.1 Å². The topological polar surface area (TPSA) is 40.5 Å². The average Bonchev–Trinajstić information content (AvgIpc) is 2.17. The number of likely N-dealkylation sites (tertiary alicyclic amines) is 1. The molecule has 0 aromatic heterocycles. The van der Waals surface area contributed by atoms with Crippen LogP contribution in [0.25, 0.3) is 0 Å². The molecule has 17 heavy (non-hydrogen) atoms. The molecule has 2 rings (SSSR count). The number of carboxylic acids is 1. The van der Waals surface area contributed by atoms with E-state index in [1.807, 2.05) is 19.1 Å². The quantitative estimate of drug-likeness (QED) is 0.931. The minimum Gasteiger partial charge on any atom is -0.481 e. The van der Waals surface area contributed by atoms with Crippen molar-refractivity contribution in [1.29, 1.82) is 0 Å². The Kier molecular flexibility index (Phi) is 3.76. The van der Waals surface area contributed by atoms with Crippen molar-refractivity contribution in [2.45, 2.75) is 13.5 Å². The van der Waals surface area contributed by atoms with Gasteiger partial charge in [0.1, 0.15) is 0 Å². The van der Waals surface area contributed by atoms with Gasteiger partial charge in [0.25, 0.3) is 0 Å². The molecule has 3 nitrogen and oxygen atoms in total. The molecule has 0 aliphatic carbocycles. The van der Waals surface area contributed by atoms with Crippen LogP contribution in [0, 0.1) is 12.8 Å². The Morgan fingerprint density at radius 3 is 2.82 bits per heavy atom. The van der Waals surface area contributed by atoms with Gasteiger partial charge in [-0.05, 0) is 30.2 Å². The maximum absolute atomic E-state index is 10.7. The van der Waals surface area contributed by atoms with Gasteiger partial charge in [-0.1, -0.05) is 27.5 Å². The van der Waals surface area contributed by atoms with Crippen molar-refractivity contribution >= 4 is 33.5 Å². The van der Waals surface area contributed by atoms with Crippen LogP contribution in [-0.4, -0.2) is 29.1 Å². The fourth-order valence-corrected chi connectivity index (χ4v) is 2.67. The van der Waals surface area contributed by atoms with Gasteiger partial charge < -0.3 is 5.11 Å². The number of aliphatic carboxylic acids is 1. The Bertz CT molecular complexity index is 458. The molecule has 1 fully saturated rings. The summed E-state index contributed by atoms with van der Waals surface area (Å²) in [6.07, 6.45) is 0. The molecule has 1 aromatic rings. The molecule has 0 unspecified atom stereocenters. The third-order valence-electron chi connectivity index (χ3n) is 3.03. The van der Waals surface area contributed by atoms with E-state index in [1.165, 1.54) is 0 Å². The molecule has 5 heteroatoms. The first-order chi connectivity index (χ1) is 7.97. The van der Waals surface area contributed by atoms with Crippen LogP contribution < -0.4 is 0 Å². The van der Waals surface area contributed by atoms with E-state index in [-0.39, 0.29) is 5.92 Å². The minimum atomic E-state index is -0.706. The molecule has 1 aromatic carbocycles. The zero-order chi connectivity index (χ0) is 12.6. The number of halogens is 2. The first kappa shape index (κ1) is 12.9. The Morgan fingerprint density at radius 2 is 2.24 bits per heavy atom. The van der Waals surface area contributed by atoms with E-state index in [0.717, 1.165) is 27.2 Å². The smallest absolute Gasteiger partial charge is 0.309 e. The van der Waals surface area contributed by atoms with Gasteiger partial charge in [0.2, 0.25) is 0 Å². The van der Waals surface area contributed by atoms with Crippen molar-refractivity contribution in [2.75, 3.05) is 13.1 Å². The lowest BCUT2D eigenvalue weighted by Crippen LogP contribution is -2.49.